The molecule has 0 heterocycles. The number of aliphatic hydroxyl groups excluding tert-OH is 1. The van der Waals surface area contributed by atoms with E-state index in [9.17, 15) is 0 Å². The second kappa shape index (κ2) is 5.61. The molecule has 0 spiro atoms. The number of nitrogens with one attached hydrogen (secondary N) is 1. The first-order valence-electron chi connectivity index (χ1n) is 3.09. The SMILES string of the molecule is C#CCCNC(C)CO. The number of terminal acetylenes is 1. The van der Waals surface area contributed by atoms with Gasteiger partial charge in [-0.05, 0) is 6.92 Å². The Morgan fingerprint density at radius 2 is 2.44 bits per heavy atom. The van der Waals surface area contributed by atoms with Crippen molar-refractivity contribution in [2.75, 3.05) is 13.2 Å². The van der Waals surface area contributed by atoms with Gasteiger partial charge >= 0.3 is 0 Å². The van der Waals surface area contributed by atoms with E-state index in [1.807, 2.05) is 6.92 Å². The predicted molar refractivity (Wildman–Crippen MR) is 38.0 cm³/mol. The lowest BCUT2D eigenvalue weighted by Gasteiger charge is -2.07. The first kappa shape index (κ1) is 8.48. The Bertz CT molecular complexity index is 95.6. The third-order valence-corrected chi connectivity index (χ3v) is 1.04. The molecule has 1 unspecified atom stereocenters. The molecule has 2 heteroatoms. The summed E-state index contributed by atoms with van der Waals surface area (Å²) in [7, 11) is 0. The van der Waals surface area contributed by atoms with Crippen molar-refractivity contribution in [2.24, 2.45) is 0 Å². The van der Waals surface area contributed by atoms with Gasteiger partial charge < -0.3 is 10.4 Å². The van der Waals surface area contributed by atoms with Gasteiger partial charge in [0.25, 0.3) is 0 Å². The van der Waals surface area contributed by atoms with Gasteiger partial charge in [-0.2, -0.15) is 0 Å². The molecule has 0 aliphatic heterocycles. The fourth-order valence-corrected chi connectivity index (χ4v) is 0.455. The van der Waals surface area contributed by atoms with E-state index in [1.165, 1.54) is 0 Å². The molecule has 0 rings (SSSR count). The highest BCUT2D eigenvalue weighted by Crippen LogP contribution is 1.78. The van der Waals surface area contributed by atoms with Gasteiger partial charge in [0.1, 0.15) is 0 Å². The maximum Gasteiger partial charge on any atom is 0.0581 e. The summed E-state index contributed by atoms with van der Waals surface area (Å²) in [6.07, 6.45) is 5.73. The molecule has 0 radical (unpaired) electrons. The fourth-order valence-electron chi connectivity index (χ4n) is 0.455. The van der Waals surface area contributed by atoms with E-state index < -0.39 is 0 Å². The Labute approximate surface area is 56.3 Å². The summed E-state index contributed by atoms with van der Waals surface area (Å²) in [5.41, 5.74) is 0. The number of aliphatic hydroxyl groups is 1. The van der Waals surface area contributed by atoms with E-state index in [-0.39, 0.29) is 12.6 Å². The van der Waals surface area contributed by atoms with Crippen LogP contribution in [0.15, 0.2) is 0 Å². The minimum absolute atomic E-state index is 0.165. The third kappa shape index (κ3) is 5.35. The van der Waals surface area contributed by atoms with Crippen molar-refractivity contribution in [1.82, 2.24) is 5.32 Å². The Hall–Kier alpha value is -0.520. The summed E-state index contributed by atoms with van der Waals surface area (Å²) >= 11 is 0. The Morgan fingerprint density at radius 1 is 1.78 bits per heavy atom. The molecule has 2 N–H and O–H groups in total. The molecule has 0 aliphatic rings. The van der Waals surface area contributed by atoms with E-state index in [0.717, 1.165) is 13.0 Å². The van der Waals surface area contributed by atoms with Gasteiger partial charge in [0.15, 0.2) is 0 Å². The van der Waals surface area contributed by atoms with Gasteiger partial charge in [-0.25, -0.2) is 0 Å². The molecule has 9 heavy (non-hydrogen) atoms. The fraction of sp³-hybridized carbons (Fsp3) is 0.714. The third-order valence-electron chi connectivity index (χ3n) is 1.04. The summed E-state index contributed by atoms with van der Waals surface area (Å²) in [5.74, 6) is 2.50. The molecule has 0 aromatic carbocycles. The van der Waals surface area contributed by atoms with E-state index in [2.05, 4.69) is 11.2 Å². The molecule has 1 atom stereocenters. The maximum absolute atomic E-state index is 8.52. The van der Waals surface area contributed by atoms with Gasteiger partial charge in [0.2, 0.25) is 0 Å². The predicted octanol–water partition coefficient (Wildman–Crippen LogP) is -0.0199. The lowest BCUT2D eigenvalue weighted by atomic mass is 10.3. The zero-order valence-corrected chi connectivity index (χ0v) is 5.72. The van der Waals surface area contributed by atoms with Crippen molar-refractivity contribution >= 4 is 0 Å². The highest BCUT2D eigenvalue weighted by Gasteiger charge is 1.94. The van der Waals surface area contributed by atoms with Gasteiger partial charge in [-0.3, -0.25) is 0 Å². The normalized spacial score (nSPS) is 12.6. The van der Waals surface area contributed by atoms with Crippen LogP contribution in [0.1, 0.15) is 13.3 Å². The lowest BCUT2D eigenvalue weighted by molar-refractivity contribution is 0.252. The number of hydrogen-bond donors (Lipinski definition) is 2. The van der Waals surface area contributed by atoms with E-state index in [1.54, 1.807) is 0 Å². The van der Waals surface area contributed by atoms with Crippen molar-refractivity contribution in [2.45, 2.75) is 19.4 Å². The van der Waals surface area contributed by atoms with Crippen LogP contribution in [0.25, 0.3) is 0 Å². The Kier molecular flexibility index (Phi) is 5.29. The average Bonchev–Trinajstić information content (AvgIpc) is 1.89. The second-order valence-electron chi connectivity index (χ2n) is 1.99. The van der Waals surface area contributed by atoms with Crippen molar-refractivity contribution in [1.29, 1.82) is 0 Å². The molecule has 52 valence electrons. The average molecular weight is 127 g/mol. The number of hydrogen-bond acceptors (Lipinski definition) is 2. The minimum atomic E-state index is 0.165. The van der Waals surface area contributed by atoms with E-state index in [4.69, 9.17) is 11.5 Å². The molecular weight excluding hydrogens is 114 g/mol. The van der Waals surface area contributed by atoms with Gasteiger partial charge in [-0.15, -0.1) is 12.3 Å². The van der Waals surface area contributed by atoms with E-state index >= 15 is 0 Å². The van der Waals surface area contributed by atoms with Crippen LogP contribution < -0.4 is 5.32 Å². The van der Waals surface area contributed by atoms with Crippen LogP contribution >= 0.6 is 0 Å². The van der Waals surface area contributed by atoms with Crippen molar-refractivity contribution in [3.05, 3.63) is 0 Å². The Morgan fingerprint density at radius 3 is 2.89 bits per heavy atom. The number of rotatable bonds is 4. The zero-order valence-electron chi connectivity index (χ0n) is 5.72. The largest absolute Gasteiger partial charge is 0.395 e. The van der Waals surface area contributed by atoms with Crippen molar-refractivity contribution < 1.29 is 5.11 Å². The molecule has 0 bridgehead atoms. The summed E-state index contributed by atoms with van der Waals surface area (Å²) in [5, 5.41) is 11.6. The first-order chi connectivity index (χ1) is 4.31. The van der Waals surface area contributed by atoms with E-state index in [0.29, 0.717) is 0 Å². The van der Waals surface area contributed by atoms with Gasteiger partial charge in [0.05, 0.1) is 6.61 Å². The van der Waals surface area contributed by atoms with Crippen LogP contribution in [-0.2, 0) is 0 Å². The molecule has 0 saturated heterocycles. The molecule has 0 fully saturated rings. The second-order valence-corrected chi connectivity index (χ2v) is 1.99. The lowest BCUT2D eigenvalue weighted by Crippen LogP contribution is -2.29. The first-order valence-corrected chi connectivity index (χ1v) is 3.09. The van der Waals surface area contributed by atoms with Crippen LogP contribution in [0.2, 0.25) is 0 Å². The molecule has 0 aliphatic carbocycles. The molecule has 0 aromatic rings. The summed E-state index contributed by atoms with van der Waals surface area (Å²) < 4.78 is 0. The molecule has 2 nitrogen and oxygen atoms in total. The monoisotopic (exact) mass is 127 g/mol. The zero-order chi connectivity index (χ0) is 7.11. The topological polar surface area (TPSA) is 32.3 Å². The molecular formula is C7H13NO. The standard InChI is InChI=1S/C7H13NO/c1-3-4-5-8-7(2)6-9/h1,7-9H,4-6H2,2H3. The molecule has 0 aromatic heterocycles. The maximum atomic E-state index is 8.52. The quantitative estimate of drug-likeness (QED) is 0.411. The van der Waals surface area contributed by atoms with Crippen LogP contribution in [0.3, 0.4) is 0 Å². The van der Waals surface area contributed by atoms with Gasteiger partial charge in [0, 0.05) is 19.0 Å². The summed E-state index contributed by atoms with van der Waals surface area (Å²) in [4.78, 5) is 0. The Balaban J connectivity index is 2.99. The summed E-state index contributed by atoms with van der Waals surface area (Å²) in [6, 6.07) is 0.165. The summed E-state index contributed by atoms with van der Waals surface area (Å²) in [6.45, 7) is 2.87. The van der Waals surface area contributed by atoms with Crippen LogP contribution in [0.4, 0.5) is 0 Å². The highest BCUT2D eigenvalue weighted by atomic mass is 16.3. The van der Waals surface area contributed by atoms with Crippen molar-refractivity contribution in [3.8, 4) is 12.3 Å². The van der Waals surface area contributed by atoms with Crippen LogP contribution in [0, 0.1) is 12.3 Å². The van der Waals surface area contributed by atoms with Crippen LogP contribution in [0.5, 0.6) is 0 Å². The van der Waals surface area contributed by atoms with Crippen LogP contribution in [-0.4, -0.2) is 24.3 Å². The van der Waals surface area contributed by atoms with Crippen molar-refractivity contribution in [3.63, 3.8) is 0 Å². The minimum Gasteiger partial charge on any atom is -0.395 e. The van der Waals surface area contributed by atoms with Gasteiger partial charge in [-0.1, -0.05) is 0 Å². The smallest absolute Gasteiger partial charge is 0.0581 e. The molecule has 0 amide bonds. The molecule has 0 saturated carbocycles. The highest BCUT2D eigenvalue weighted by molar-refractivity contribution is 4.84.